The molecule has 5 rings (SSSR count). The van der Waals surface area contributed by atoms with Gasteiger partial charge >= 0.3 is 6.03 Å². The summed E-state index contributed by atoms with van der Waals surface area (Å²) >= 11 is 3.24. The van der Waals surface area contributed by atoms with E-state index in [0.29, 0.717) is 18.1 Å². The van der Waals surface area contributed by atoms with E-state index in [9.17, 15) is 15.2 Å². The second-order valence-corrected chi connectivity index (χ2v) is 13.2. The Kier molecular flexibility index (Phi) is 8.66. The molecule has 0 unspecified atom stereocenters. The fourth-order valence-corrected chi connectivity index (χ4v) is 5.64. The van der Waals surface area contributed by atoms with E-state index in [1.807, 2.05) is 79.2 Å². The first-order valence-corrected chi connectivity index (χ1v) is 15.7. The minimum absolute atomic E-state index is 0.117. The Hall–Kier alpha value is -4.47. The summed E-state index contributed by atoms with van der Waals surface area (Å²) in [5, 5.41) is 38.6. The summed E-state index contributed by atoms with van der Waals surface area (Å²) in [6, 6.07) is 20.0. The van der Waals surface area contributed by atoms with E-state index in [-0.39, 0.29) is 22.0 Å². The van der Waals surface area contributed by atoms with Crippen LogP contribution in [0.4, 0.5) is 10.6 Å². The van der Waals surface area contributed by atoms with Gasteiger partial charge in [-0.3, -0.25) is 9.72 Å². The molecule has 0 saturated carbocycles. The standard InChI is InChI=1S/C31H32N8O2S2/c1-19(2)29-36-35-27-13-11-23(18-38(27)29)43-25-9-7-6-8-20(25)17-33-30(41)34-28-15-26(31(3,4)42-5)37-39(28)22-10-12-24(40)21(14-22)16-32/h6-15,18-19,40H,17H2,1-5H3,(H2,33,34,41). The van der Waals surface area contributed by atoms with Crippen LogP contribution in [0, 0.1) is 11.3 Å². The Labute approximate surface area is 258 Å². The zero-order chi connectivity index (χ0) is 30.7. The molecule has 43 heavy (non-hydrogen) atoms. The van der Waals surface area contributed by atoms with Crippen molar-refractivity contribution in [3.8, 4) is 17.5 Å². The summed E-state index contributed by atoms with van der Waals surface area (Å²) in [6.45, 7) is 8.58. The molecule has 12 heteroatoms. The second kappa shape index (κ2) is 12.4. The molecule has 220 valence electrons. The largest absolute Gasteiger partial charge is 0.507 e. The fraction of sp³-hybridized carbons (Fsp3) is 0.258. The number of anilines is 1. The summed E-state index contributed by atoms with van der Waals surface area (Å²) in [7, 11) is 0. The Morgan fingerprint density at radius 2 is 1.91 bits per heavy atom. The number of phenols is 1. The number of nitrogens with zero attached hydrogens (tertiary/aromatic N) is 6. The lowest BCUT2D eigenvalue weighted by molar-refractivity contribution is 0.251. The van der Waals surface area contributed by atoms with Crippen molar-refractivity contribution < 1.29 is 9.90 Å². The first kappa shape index (κ1) is 30.0. The quantitative estimate of drug-likeness (QED) is 0.168. The van der Waals surface area contributed by atoms with E-state index >= 15 is 0 Å². The minimum Gasteiger partial charge on any atom is -0.507 e. The predicted molar refractivity (Wildman–Crippen MR) is 170 cm³/mol. The van der Waals surface area contributed by atoms with Crippen LogP contribution in [0.3, 0.4) is 0 Å². The molecule has 2 amide bonds. The van der Waals surface area contributed by atoms with Gasteiger partial charge in [-0.15, -0.1) is 10.2 Å². The number of fused-ring (bicyclic) bond motifs is 1. The summed E-state index contributed by atoms with van der Waals surface area (Å²) in [5.74, 6) is 1.47. The van der Waals surface area contributed by atoms with Crippen LogP contribution in [0.15, 0.2) is 76.7 Å². The maximum absolute atomic E-state index is 13.2. The number of nitrogens with one attached hydrogen (secondary N) is 2. The first-order chi connectivity index (χ1) is 20.6. The van der Waals surface area contributed by atoms with Crippen molar-refractivity contribution in [2.45, 2.75) is 54.7 Å². The van der Waals surface area contributed by atoms with Gasteiger partial charge in [-0.25, -0.2) is 9.48 Å². The van der Waals surface area contributed by atoms with Gasteiger partial charge in [0.15, 0.2) is 5.65 Å². The third-order valence-corrected chi connectivity index (χ3v) is 9.31. The van der Waals surface area contributed by atoms with Crippen LogP contribution < -0.4 is 10.6 Å². The minimum atomic E-state index is -0.402. The van der Waals surface area contributed by atoms with E-state index in [1.165, 1.54) is 12.1 Å². The SMILES string of the molecule is CSC(C)(C)c1cc(NC(=O)NCc2ccccc2Sc2ccc3nnc(C(C)C)n3c2)n(-c2ccc(O)c(C#N)c2)n1. The number of hydrogen-bond donors (Lipinski definition) is 3. The second-order valence-electron chi connectivity index (χ2n) is 10.7. The summed E-state index contributed by atoms with van der Waals surface area (Å²) < 4.78 is 3.27. The molecule has 0 aliphatic heterocycles. The molecular formula is C31H32N8O2S2. The van der Waals surface area contributed by atoms with E-state index in [1.54, 1.807) is 34.3 Å². The van der Waals surface area contributed by atoms with Crippen molar-refractivity contribution in [1.82, 2.24) is 29.7 Å². The van der Waals surface area contributed by atoms with Crippen molar-refractivity contribution in [2.24, 2.45) is 0 Å². The summed E-state index contributed by atoms with van der Waals surface area (Å²) in [6.07, 6.45) is 4.04. The normalized spacial score (nSPS) is 11.6. The Bertz CT molecular complexity index is 1840. The topological polar surface area (TPSA) is 133 Å². The van der Waals surface area contributed by atoms with Gasteiger partial charge in [0, 0.05) is 34.5 Å². The van der Waals surface area contributed by atoms with Crippen LogP contribution >= 0.6 is 23.5 Å². The molecular weight excluding hydrogens is 581 g/mol. The van der Waals surface area contributed by atoms with Crippen LogP contribution in [-0.2, 0) is 11.3 Å². The number of urea groups is 1. The molecule has 2 aromatic carbocycles. The molecule has 0 saturated heterocycles. The molecule has 3 N–H and O–H groups in total. The number of carbonyl (C=O) groups excluding carboxylic acids is 1. The molecule has 0 radical (unpaired) electrons. The van der Waals surface area contributed by atoms with Crippen LogP contribution in [0.25, 0.3) is 11.3 Å². The fourth-order valence-electron chi connectivity index (χ4n) is 4.37. The number of pyridine rings is 1. The highest BCUT2D eigenvalue weighted by Crippen LogP contribution is 2.35. The Morgan fingerprint density at radius 1 is 1.12 bits per heavy atom. The number of hydrogen-bond acceptors (Lipinski definition) is 8. The smallest absolute Gasteiger partial charge is 0.320 e. The Balaban J connectivity index is 1.35. The van der Waals surface area contributed by atoms with E-state index in [4.69, 9.17) is 5.10 Å². The Morgan fingerprint density at radius 3 is 2.65 bits per heavy atom. The van der Waals surface area contributed by atoms with Crippen LogP contribution in [0.1, 0.15) is 56.3 Å². The average molecular weight is 613 g/mol. The maximum Gasteiger partial charge on any atom is 0.320 e. The van der Waals surface area contributed by atoms with E-state index in [2.05, 4.69) is 34.7 Å². The number of rotatable bonds is 9. The van der Waals surface area contributed by atoms with Gasteiger partial charge in [0.2, 0.25) is 0 Å². The van der Waals surface area contributed by atoms with Crippen molar-refractivity contribution >= 4 is 41.0 Å². The molecule has 0 atom stereocenters. The van der Waals surface area contributed by atoms with Crippen molar-refractivity contribution in [3.63, 3.8) is 0 Å². The van der Waals surface area contributed by atoms with Gasteiger partial charge in [0.05, 0.1) is 21.7 Å². The number of nitriles is 1. The van der Waals surface area contributed by atoms with Crippen molar-refractivity contribution in [1.29, 1.82) is 5.26 Å². The third-order valence-electron chi connectivity index (χ3n) is 6.98. The molecule has 3 aromatic heterocycles. The van der Waals surface area contributed by atoms with Crippen molar-refractivity contribution in [3.05, 3.63) is 89.5 Å². The number of benzene rings is 2. The first-order valence-electron chi connectivity index (χ1n) is 13.6. The lowest BCUT2D eigenvalue weighted by Gasteiger charge is -2.18. The molecule has 0 spiro atoms. The number of amides is 2. The lowest BCUT2D eigenvalue weighted by Crippen LogP contribution is -2.29. The third kappa shape index (κ3) is 6.48. The molecule has 3 heterocycles. The molecule has 0 bridgehead atoms. The van der Waals surface area contributed by atoms with Gasteiger partial charge in [0.1, 0.15) is 23.5 Å². The lowest BCUT2D eigenvalue weighted by atomic mass is 10.1. The number of aromatic nitrogens is 5. The summed E-state index contributed by atoms with van der Waals surface area (Å²) in [4.78, 5) is 15.2. The van der Waals surface area contributed by atoms with Gasteiger partial charge in [0.25, 0.3) is 0 Å². The molecule has 5 aromatic rings. The number of phenolic OH excluding ortho intramolecular Hbond substituents is 1. The van der Waals surface area contributed by atoms with Crippen LogP contribution in [0.2, 0.25) is 0 Å². The van der Waals surface area contributed by atoms with E-state index in [0.717, 1.165) is 32.5 Å². The monoisotopic (exact) mass is 612 g/mol. The van der Waals surface area contributed by atoms with Gasteiger partial charge < -0.3 is 10.4 Å². The average Bonchev–Trinajstić information content (AvgIpc) is 3.62. The number of thioether (sulfide) groups is 1. The van der Waals surface area contributed by atoms with Crippen LogP contribution in [-0.4, -0.2) is 41.8 Å². The summed E-state index contributed by atoms with van der Waals surface area (Å²) in [5.41, 5.74) is 3.19. The molecule has 0 aliphatic rings. The highest BCUT2D eigenvalue weighted by Gasteiger charge is 2.25. The molecule has 10 nitrogen and oxygen atoms in total. The molecule has 0 fully saturated rings. The zero-order valence-electron chi connectivity index (χ0n) is 24.5. The highest BCUT2D eigenvalue weighted by atomic mass is 32.2. The predicted octanol–water partition coefficient (Wildman–Crippen LogP) is 6.69. The van der Waals surface area contributed by atoms with Gasteiger partial charge in [-0.1, -0.05) is 43.8 Å². The van der Waals surface area contributed by atoms with Crippen molar-refractivity contribution in [2.75, 3.05) is 11.6 Å². The number of carbonyl (C=O) groups is 1. The van der Waals surface area contributed by atoms with Crippen LogP contribution in [0.5, 0.6) is 5.75 Å². The number of aromatic hydroxyl groups is 1. The zero-order valence-corrected chi connectivity index (χ0v) is 26.1. The van der Waals surface area contributed by atoms with Gasteiger partial charge in [-0.05, 0) is 62.1 Å². The maximum atomic E-state index is 13.2. The molecule has 0 aliphatic carbocycles. The highest BCUT2D eigenvalue weighted by molar-refractivity contribution is 7.99. The van der Waals surface area contributed by atoms with E-state index < -0.39 is 6.03 Å². The van der Waals surface area contributed by atoms with Gasteiger partial charge in [-0.2, -0.15) is 22.1 Å².